The van der Waals surface area contributed by atoms with Crippen molar-refractivity contribution in [3.63, 3.8) is 0 Å². The predicted octanol–water partition coefficient (Wildman–Crippen LogP) is 5.25. The van der Waals surface area contributed by atoms with E-state index < -0.39 is 11.4 Å². The number of ether oxygens (including phenoxy) is 1. The number of carbonyl (C=O) groups excluding carboxylic acids is 2. The lowest BCUT2D eigenvalue weighted by Crippen LogP contribution is -2.31. The molecule has 3 rings (SSSR count). The van der Waals surface area contributed by atoms with Gasteiger partial charge in [0.1, 0.15) is 5.00 Å². The number of rotatable bonds is 7. The van der Waals surface area contributed by atoms with Gasteiger partial charge >= 0.3 is 5.97 Å². The average Bonchev–Trinajstić information content (AvgIpc) is 3.11. The molecule has 0 spiro atoms. The molecule has 1 aliphatic carbocycles. The first-order valence-corrected chi connectivity index (χ1v) is 11.4. The van der Waals surface area contributed by atoms with Crippen LogP contribution in [0, 0.1) is 17.2 Å². The third kappa shape index (κ3) is 4.13. The van der Waals surface area contributed by atoms with Crippen molar-refractivity contribution in [3.8, 4) is 6.07 Å². The number of thiophene rings is 1. The molecule has 1 aliphatic rings. The molecule has 30 heavy (non-hydrogen) atoms. The van der Waals surface area contributed by atoms with E-state index in [0.29, 0.717) is 29.8 Å². The topological polar surface area (TPSA) is 79.2 Å². The van der Waals surface area contributed by atoms with Crippen LogP contribution >= 0.6 is 11.3 Å². The number of nitrogens with one attached hydrogen (secondary N) is 1. The van der Waals surface area contributed by atoms with Crippen LogP contribution in [0.4, 0.5) is 5.00 Å². The Kier molecular flexibility index (Phi) is 6.94. The third-order valence-electron chi connectivity index (χ3n) is 5.97. The molecule has 0 unspecified atom stereocenters. The highest BCUT2D eigenvalue weighted by Gasteiger charge is 2.40. The molecule has 1 heterocycles. The Morgan fingerprint density at radius 3 is 2.53 bits per heavy atom. The summed E-state index contributed by atoms with van der Waals surface area (Å²) in [5, 5.41) is 13.6. The van der Waals surface area contributed by atoms with Crippen molar-refractivity contribution in [1.29, 1.82) is 5.26 Å². The Hall–Kier alpha value is -2.65. The number of nitrogens with zero attached hydrogens (tertiary/aromatic N) is 1. The van der Waals surface area contributed by atoms with Crippen molar-refractivity contribution in [2.24, 2.45) is 5.92 Å². The summed E-state index contributed by atoms with van der Waals surface area (Å²) in [5.41, 5.74) is 1.75. The second kappa shape index (κ2) is 9.44. The van der Waals surface area contributed by atoms with Gasteiger partial charge in [0, 0.05) is 17.2 Å². The predicted molar refractivity (Wildman–Crippen MR) is 119 cm³/mol. The molecule has 1 aromatic carbocycles. The zero-order valence-corrected chi connectivity index (χ0v) is 18.6. The van der Waals surface area contributed by atoms with E-state index in [-0.39, 0.29) is 18.4 Å². The molecule has 0 saturated carbocycles. The lowest BCUT2D eigenvalue weighted by molar-refractivity contribution is -0.120. The van der Waals surface area contributed by atoms with Gasteiger partial charge in [-0.15, -0.1) is 11.3 Å². The molecular formula is C24H28N2O3S. The molecule has 1 amide bonds. The fourth-order valence-electron chi connectivity index (χ4n) is 4.16. The number of fused-ring (bicyclic) bond motifs is 1. The Balaban J connectivity index is 2.01. The number of esters is 1. The number of hydrogen-bond acceptors (Lipinski definition) is 5. The fraction of sp³-hybridized carbons (Fsp3) is 0.458. The number of carbonyl (C=O) groups is 2. The summed E-state index contributed by atoms with van der Waals surface area (Å²) in [7, 11) is 0. The summed E-state index contributed by atoms with van der Waals surface area (Å²) in [4.78, 5) is 26.5. The lowest BCUT2D eigenvalue weighted by atomic mass is 9.70. The summed E-state index contributed by atoms with van der Waals surface area (Å²) in [6.45, 7) is 6.02. The normalized spacial score (nSPS) is 17.8. The number of hydrogen-bond donors (Lipinski definition) is 1. The molecule has 0 fully saturated rings. The van der Waals surface area contributed by atoms with Gasteiger partial charge < -0.3 is 10.1 Å². The molecular weight excluding hydrogens is 396 g/mol. The largest absolute Gasteiger partial charge is 0.462 e. The summed E-state index contributed by atoms with van der Waals surface area (Å²) in [5.74, 6) is -0.570. The van der Waals surface area contributed by atoms with Crippen LogP contribution in [0.25, 0.3) is 0 Å². The van der Waals surface area contributed by atoms with E-state index in [2.05, 4.69) is 11.4 Å². The second-order valence-electron chi connectivity index (χ2n) is 7.67. The molecule has 1 N–H and O–H groups in total. The van der Waals surface area contributed by atoms with Crippen LogP contribution in [0.15, 0.2) is 30.3 Å². The Morgan fingerprint density at radius 1 is 1.23 bits per heavy atom. The molecule has 0 aliphatic heterocycles. The van der Waals surface area contributed by atoms with E-state index in [0.717, 1.165) is 28.8 Å². The van der Waals surface area contributed by atoms with E-state index in [9.17, 15) is 14.9 Å². The van der Waals surface area contributed by atoms with Crippen molar-refractivity contribution < 1.29 is 14.3 Å². The molecule has 0 radical (unpaired) electrons. The zero-order valence-electron chi connectivity index (χ0n) is 17.8. The second-order valence-corrected chi connectivity index (χ2v) is 8.77. The van der Waals surface area contributed by atoms with Crippen LogP contribution in [-0.2, 0) is 27.8 Å². The van der Waals surface area contributed by atoms with Gasteiger partial charge in [-0.2, -0.15) is 5.26 Å². The summed E-state index contributed by atoms with van der Waals surface area (Å²) in [6.07, 6.45) is 3.25. The maximum atomic E-state index is 12.8. The average molecular weight is 425 g/mol. The van der Waals surface area contributed by atoms with Crippen molar-refractivity contribution in [3.05, 3.63) is 51.9 Å². The van der Waals surface area contributed by atoms with E-state index in [1.807, 2.05) is 44.2 Å². The summed E-state index contributed by atoms with van der Waals surface area (Å²) < 4.78 is 5.30. The monoisotopic (exact) mass is 424 g/mol. The van der Waals surface area contributed by atoms with Crippen LogP contribution in [-0.4, -0.2) is 18.5 Å². The first-order valence-electron chi connectivity index (χ1n) is 10.6. The summed E-state index contributed by atoms with van der Waals surface area (Å²) >= 11 is 1.41. The standard InChI is InChI=1S/C24H28N2O3S/c1-4-16(5-2)21(27)26-22-20(23(28)29-6-3)18-12-13-24(15-25,14-19(18)30-22)17-10-8-7-9-11-17/h7-11,16H,4-6,12-14H2,1-3H3,(H,26,27)/t24-/m1/s1. The minimum atomic E-state index is -0.623. The van der Waals surface area contributed by atoms with E-state index in [4.69, 9.17) is 4.74 Å². The van der Waals surface area contributed by atoms with Gasteiger partial charge in [0.05, 0.1) is 23.7 Å². The molecule has 158 valence electrons. The fourth-order valence-corrected chi connectivity index (χ4v) is 5.52. The van der Waals surface area contributed by atoms with Crippen LogP contribution in [0.5, 0.6) is 0 Å². The van der Waals surface area contributed by atoms with Crippen LogP contribution < -0.4 is 5.32 Å². The van der Waals surface area contributed by atoms with E-state index >= 15 is 0 Å². The number of nitriles is 1. The molecule has 1 aromatic heterocycles. The lowest BCUT2D eigenvalue weighted by Gasteiger charge is -2.31. The maximum Gasteiger partial charge on any atom is 0.341 e. The van der Waals surface area contributed by atoms with Gasteiger partial charge in [-0.05, 0) is 43.7 Å². The Morgan fingerprint density at radius 2 is 1.93 bits per heavy atom. The van der Waals surface area contributed by atoms with Crippen molar-refractivity contribution in [2.45, 2.75) is 58.3 Å². The van der Waals surface area contributed by atoms with Gasteiger partial charge in [-0.25, -0.2) is 4.79 Å². The smallest absolute Gasteiger partial charge is 0.341 e. The number of anilines is 1. The zero-order chi connectivity index (χ0) is 21.7. The number of amides is 1. The molecule has 0 saturated heterocycles. The Bertz CT molecular complexity index is 957. The van der Waals surface area contributed by atoms with Gasteiger partial charge in [0.15, 0.2) is 0 Å². The first kappa shape index (κ1) is 22.0. The van der Waals surface area contributed by atoms with Gasteiger partial charge in [-0.1, -0.05) is 44.2 Å². The van der Waals surface area contributed by atoms with Crippen LogP contribution in [0.2, 0.25) is 0 Å². The first-order chi connectivity index (χ1) is 14.5. The van der Waals surface area contributed by atoms with Gasteiger partial charge in [0.25, 0.3) is 0 Å². The molecule has 6 heteroatoms. The molecule has 2 aromatic rings. The van der Waals surface area contributed by atoms with E-state index in [1.54, 1.807) is 6.92 Å². The SMILES string of the molecule is CCOC(=O)c1c(NC(=O)C(CC)CC)sc2c1CC[C@@](C#N)(c1ccccc1)C2. The molecule has 1 atom stereocenters. The van der Waals surface area contributed by atoms with Gasteiger partial charge in [0.2, 0.25) is 5.91 Å². The maximum absolute atomic E-state index is 12.8. The van der Waals surface area contributed by atoms with Gasteiger partial charge in [-0.3, -0.25) is 4.79 Å². The highest BCUT2D eigenvalue weighted by atomic mass is 32.1. The molecule has 0 bridgehead atoms. The van der Waals surface area contributed by atoms with E-state index in [1.165, 1.54) is 11.3 Å². The van der Waals surface area contributed by atoms with Crippen LogP contribution in [0.1, 0.15) is 66.4 Å². The minimum absolute atomic E-state index is 0.0706. The van der Waals surface area contributed by atoms with Crippen LogP contribution in [0.3, 0.4) is 0 Å². The minimum Gasteiger partial charge on any atom is -0.462 e. The van der Waals surface area contributed by atoms with Crippen molar-refractivity contribution in [1.82, 2.24) is 0 Å². The third-order valence-corrected chi connectivity index (χ3v) is 7.12. The van der Waals surface area contributed by atoms with Crippen molar-refractivity contribution >= 4 is 28.2 Å². The molecule has 5 nitrogen and oxygen atoms in total. The quantitative estimate of drug-likeness (QED) is 0.616. The Labute approximate surface area is 182 Å². The number of benzene rings is 1. The highest BCUT2D eigenvalue weighted by Crippen LogP contribution is 2.45. The van der Waals surface area contributed by atoms with Crippen molar-refractivity contribution in [2.75, 3.05) is 11.9 Å². The summed E-state index contributed by atoms with van der Waals surface area (Å²) in [6, 6.07) is 12.4. The highest BCUT2D eigenvalue weighted by molar-refractivity contribution is 7.17.